The van der Waals surface area contributed by atoms with Crippen molar-refractivity contribution >= 4 is 10.8 Å². The van der Waals surface area contributed by atoms with E-state index in [0.717, 1.165) is 25.8 Å². The molecular formula is C22H27N3. The third-order valence-corrected chi connectivity index (χ3v) is 4.74. The Hall–Kier alpha value is -2.23. The van der Waals surface area contributed by atoms with Gasteiger partial charge < -0.3 is 11.1 Å². The van der Waals surface area contributed by atoms with Crippen LogP contribution in [0, 0.1) is 0 Å². The van der Waals surface area contributed by atoms with Crippen molar-refractivity contribution in [1.29, 1.82) is 0 Å². The molecule has 0 aliphatic carbocycles. The predicted octanol–water partition coefficient (Wildman–Crippen LogP) is 4.58. The molecule has 1 aromatic heterocycles. The van der Waals surface area contributed by atoms with E-state index in [4.69, 9.17) is 5.73 Å². The summed E-state index contributed by atoms with van der Waals surface area (Å²) in [7, 11) is 0. The van der Waals surface area contributed by atoms with Crippen LogP contribution in [0.1, 0.15) is 43.4 Å². The van der Waals surface area contributed by atoms with Crippen LogP contribution in [0.3, 0.4) is 0 Å². The second-order valence-corrected chi connectivity index (χ2v) is 6.79. The first kappa shape index (κ1) is 17.6. The fraction of sp³-hybridized carbons (Fsp3) is 0.318. The van der Waals surface area contributed by atoms with Gasteiger partial charge in [0.05, 0.1) is 0 Å². The SMILES string of the molecule is C[C@H](CCC[C@@H](N)c1ccccc1)NCc1ccc2cnccc2c1. The average Bonchev–Trinajstić information content (AvgIpc) is 2.67. The molecule has 2 atom stereocenters. The highest BCUT2D eigenvalue weighted by atomic mass is 14.9. The predicted molar refractivity (Wildman–Crippen MR) is 105 cm³/mol. The molecule has 0 amide bonds. The fourth-order valence-corrected chi connectivity index (χ4v) is 3.15. The van der Waals surface area contributed by atoms with Gasteiger partial charge in [0, 0.05) is 36.4 Å². The second kappa shape index (κ2) is 8.75. The topological polar surface area (TPSA) is 50.9 Å². The Morgan fingerprint density at radius 1 is 1.00 bits per heavy atom. The molecule has 0 saturated heterocycles. The van der Waals surface area contributed by atoms with Crippen molar-refractivity contribution in [1.82, 2.24) is 10.3 Å². The van der Waals surface area contributed by atoms with Gasteiger partial charge in [0.15, 0.2) is 0 Å². The van der Waals surface area contributed by atoms with Gasteiger partial charge in [-0.3, -0.25) is 4.98 Å². The van der Waals surface area contributed by atoms with Gasteiger partial charge >= 0.3 is 0 Å². The first-order valence-corrected chi connectivity index (χ1v) is 9.09. The lowest BCUT2D eigenvalue weighted by Crippen LogP contribution is -2.25. The molecule has 0 aliphatic rings. The summed E-state index contributed by atoms with van der Waals surface area (Å²) in [5.41, 5.74) is 8.82. The van der Waals surface area contributed by atoms with Crippen LogP contribution < -0.4 is 11.1 Å². The Morgan fingerprint density at radius 3 is 2.68 bits per heavy atom. The van der Waals surface area contributed by atoms with E-state index in [-0.39, 0.29) is 6.04 Å². The van der Waals surface area contributed by atoms with Gasteiger partial charge in [-0.1, -0.05) is 48.9 Å². The minimum atomic E-state index is 0.141. The standard InChI is InChI=1S/C22H27N3/c1-17(6-5-9-22(23)19-7-3-2-4-8-19)25-15-18-10-11-21-16-24-13-12-20(21)14-18/h2-4,7-8,10-14,16-17,22,25H,5-6,9,15,23H2,1H3/t17-,22-/m1/s1. The van der Waals surface area contributed by atoms with Crippen LogP contribution in [0.2, 0.25) is 0 Å². The average molecular weight is 333 g/mol. The molecule has 0 spiro atoms. The number of fused-ring (bicyclic) bond motifs is 1. The minimum Gasteiger partial charge on any atom is -0.324 e. The van der Waals surface area contributed by atoms with Gasteiger partial charge in [-0.2, -0.15) is 0 Å². The largest absolute Gasteiger partial charge is 0.324 e. The highest BCUT2D eigenvalue weighted by molar-refractivity contribution is 5.81. The van der Waals surface area contributed by atoms with Crippen LogP contribution in [-0.4, -0.2) is 11.0 Å². The third-order valence-electron chi connectivity index (χ3n) is 4.74. The van der Waals surface area contributed by atoms with Gasteiger partial charge in [0.2, 0.25) is 0 Å². The Kier molecular flexibility index (Phi) is 6.15. The third kappa shape index (κ3) is 5.12. The van der Waals surface area contributed by atoms with Crippen LogP contribution in [0.4, 0.5) is 0 Å². The summed E-state index contributed by atoms with van der Waals surface area (Å²) >= 11 is 0. The Bertz CT molecular complexity index is 785. The Balaban J connectivity index is 1.42. The highest BCUT2D eigenvalue weighted by Gasteiger charge is 2.07. The lowest BCUT2D eigenvalue weighted by molar-refractivity contribution is 0.472. The molecule has 3 rings (SSSR count). The molecule has 3 heteroatoms. The van der Waals surface area contributed by atoms with Gasteiger partial charge in [0.25, 0.3) is 0 Å². The number of aromatic nitrogens is 1. The molecule has 0 fully saturated rings. The molecule has 0 bridgehead atoms. The van der Waals surface area contributed by atoms with Crippen LogP contribution >= 0.6 is 0 Å². The maximum absolute atomic E-state index is 6.27. The normalized spacial score (nSPS) is 13.7. The molecule has 0 saturated carbocycles. The Morgan fingerprint density at radius 2 is 1.84 bits per heavy atom. The Labute approximate surface area is 150 Å². The van der Waals surface area contributed by atoms with Crippen molar-refractivity contribution in [3.8, 4) is 0 Å². The van der Waals surface area contributed by atoms with E-state index in [0.29, 0.717) is 6.04 Å². The number of hydrogen-bond donors (Lipinski definition) is 2. The van der Waals surface area contributed by atoms with Gasteiger partial charge in [0.1, 0.15) is 0 Å². The van der Waals surface area contributed by atoms with Gasteiger partial charge in [-0.15, -0.1) is 0 Å². The second-order valence-electron chi connectivity index (χ2n) is 6.79. The molecule has 0 radical (unpaired) electrons. The summed E-state index contributed by atoms with van der Waals surface area (Å²) in [6.45, 7) is 3.14. The van der Waals surface area contributed by atoms with E-state index < -0.39 is 0 Å². The molecule has 2 aromatic carbocycles. The van der Waals surface area contributed by atoms with Gasteiger partial charge in [-0.25, -0.2) is 0 Å². The first-order valence-electron chi connectivity index (χ1n) is 9.09. The van der Waals surface area contributed by atoms with Crippen molar-refractivity contribution < 1.29 is 0 Å². The van der Waals surface area contributed by atoms with Crippen molar-refractivity contribution in [3.05, 3.63) is 78.1 Å². The smallest absolute Gasteiger partial charge is 0.0346 e. The number of rotatable bonds is 8. The van der Waals surface area contributed by atoms with Crippen molar-refractivity contribution in [3.63, 3.8) is 0 Å². The van der Waals surface area contributed by atoms with Crippen molar-refractivity contribution in [2.75, 3.05) is 0 Å². The minimum absolute atomic E-state index is 0.141. The molecule has 3 nitrogen and oxygen atoms in total. The maximum atomic E-state index is 6.27. The quantitative estimate of drug-likeness (QED) is 0.634. The summed E-state index contributed by atoms with van der Waals surface area (Å²) in [6, 6.07) is 19.6. The van der Waals surface area contributed by atoms with Crippen LogP contribution in [0.15, 0.2) is 67.0 Å². The van der Waals surface area contributed by atoms with E-state index in [2.05, 4.69) is 65.8 Å². The fourth-order valence-electron chi connectivity index (χ4n) is 3.15. The number of nitrogens with zero attached hydrogens (tertiary/aromatic N) is 1. The number of pyridine rings is 1. The molecule has 130 valence electrons. The van der Waals surface area contributed by atoms with Crippen molar-refractivity contribution in [2.45, 2.75) is 44.8 Å². The molecular weight excluding hydrogens is 306 g/mol. The lowest BCUT2D eigenvalue weighted by atomic mass is 10.0. The summed E-state index contributed by atoms with van der Waals surface area (Å²) < 4.78 is 0. The molecule has 3 N–H and O–H groups in total. The maximum Gasteiger partial charge on any atom is 0.0346 e. The van der Waals surface area contributed by atoms with E-state index in [9.17, 15) is 0 Å². The summed E-state index contributed by atoms with van der Waals surface area (Å²) in [6.07, 6.45) is 7.05. The molecule has 25 heavy (non-hydrogen) atoms. The number of nitrogens with two attached hydrogens (primary N) is 1. The number of hydrogen-bond acceptors (Lipinski definition) is 3. The summed E-state index contributed by atoms with van der Waals surface area (Å²) in [4.78, 5) is 4.16. The lowest BCUT2D eigenvalue weighted by Gasteiger charge is -2.16. The molecule has 0 aliphatic heterocycles. The summed E-state index contributed by atoms with van der Waals surface area (Å²) in [5, 5.41) is 6.06. The van der Waals surface area contributed by atoms with E-state index in [1.54, 1.807) is 0 Å². The zero-order valence-electron chi connectivity index (χ0n) is 14.9. The number of nitrogens with one attached hydrogen (secondary N) is 1. The first-order chi connectivity index (χ1) is 12.2. The molecule has 3 aromatic rings. The van der Waals surface area contributed by atoms with Crippen molar-refractivity contribution in [2.24, 2.45) is 5.73 Å². The highest BCUT2D eigenvalue weighted by Crippen LogP contribution is 2.17. The van der Waals surface area contributed by atoms with Crippen LogP contribution in [0.5, 0.6) is 0 Å². The molecule has 1 heterocycles. The van der Waals surface area contributed by atoms with Crippen LogP contribution in [0.25, 0.3) is 10.8 Å². The van der Waals surface area contributed by atoms with Gasteiger partial charge in [-0.05, 0) is 48.4 Å². The molecule has 0 unspecified atom stereocenters. The summed E-state index contributed by atoms with van der Waals surface area (Å²) in [5.74, 6) is 0. The zero-order chi connectivity index (χ0) is 17.5. The monoisotopic (exact) mass is 333 g/mol. The van der Waals surface area contributed by atoms with Crippen LogP contribution in [-0.2, 0) is 6.54 Å². The van der Waals surface area contributed by atoms with E-state index >= 15 is 0 Å². The number of benzene rings is 2. The van der Waals surface area contributed by atoms with E-state index in [1.165, 1.54) is 21.9 Å². The van der Waals surface area contributed by atoms with E-state index in [1.807, 2.05) is 18.5 Å². The zero-order valence-corrected chi connectivity index (χ0v) is 14.9.